The smallest absolute Gasteiger partial charge is 0.280 e. The molecule has 0 radical (unpaired) electrons. The second-order valence-corrected chi connectivity index (χ2v) is 1.90. The summed E-state index contributed by atoms with van der Waals surface area (Å²) in [5, 5.41) is 10.9. The van der Waals surface area contributed by atoms with Crippen LogP contribution in [0.15, 0.2) is 0 Å². The lowest BCUT2D eigenvalue weighted by atomic mass is 10.0. The third kappa shape index (κ3) is 0.579. The van der Waals surface area contributed by atoms with Crippen LogP contribution in [0.5, 0.6) is 0 Å². The molecule has 1 heterocycles. The number of aliphatic hydroxyl groups excluding tert-OH is 1. The van der Waals surface area contributed by atoms with Gasteiger partial charge in [-0.25, -0.2) is 0 Å². The van der Waals surface area contributed by atoms with Gasteiger partial charge in [-0.15, -0.1) is 0 Å². The molecule has 0 unspecified atom stereocenters. The number of hydrogen-bond acceptors (Lipinski definition) is 2. The predicted molar refractivity (Wildman–Crippen MR) is 25.7 cm³/mol. The zero-order valence-corrected chi connectivity index (χ0v) is 4.42. The Morgan fingerprint density at radius 3 is 2.62 bits per heavy atom. The molecule has 1 saturated heterocycles. The molecule has 0 aromatic carbocycles. The van der Waals surface area contributed by atoms with Crippen molar-refractivity contribution in [2.75, 3.05) is 6.61 Å². The zero-order valence-electron chi connectivity index (χ0n) is 4.42. The van der Waals surface area contributed by atoms with Crippen LogP contribution in [-0.4, -0.2) is 29.7 Å². The summed E-state index contributed by atoms with van der Waals surface area (Å²) < 4.78 is 0. The average molecular weight is 117 g/mol. The lowest BCUT2D eigenvalue weighted by Crippen LogP contribution is -2.83. The van der Waals surface area contributed by atoms with E-state index in [-0.39, 0.29) is 24.6 Å². The largest absolute Gasteiger partial charge is 0.394 e. The fourth-order valence-corrected chi connectivity index (χ4v) is 0.650. The minimum absolute atomic E-state index is 0.0000926. The SMILES string of the molecule is [NH3+][C@@H]1C(=O)N[C@@H]1CO. The predicted octanol–water partition coefficient (Wildman–Crippen LogP) is -2.91. The van der Waals surface area contributed by atoms with Gasteiger partial charge in [0, 0.05) is 0 Å². The van der Waals surface area contributed by atoms with E-state index in [0.29, 0.717) is 0 Å². The molecule has 8 heavy (non-hydrogen) atoms. The summed E-state index contributed by atoms with van der Waals surface area (Å²) in [6.07, 6.45) is 0. The first kappa shape index (κ1) is 5.53. The highest BCUT2D eigenvalue weighted by molar-refractivity contribution is 5.87. The van der Waals surface area contributed by atoms with Gasteiger partial charge in [-0.2, -0.15) is 0 Å². The van der Waals surface area contributed by atoms with E-state index in [0.717, 1.165) is 0 Å². The molecule has 0 aromatic rings. The van der Waals surface area contributed by atoms with Crippen molar-refractivity contribution < 1.29 is 15.6 Å². The molecular weight excluding hydrogens is 108 g/mol. The van der Waals surface area contributed by atoms with Crippen molar-refractivity contribution in [3.63, 3.8) is 0 Å². The van der Waals surface area contributed by atoms with E-state index in [1.807, 2.05) is 0 Å². The quantitative estimate of drug-likeness (QED) is 0.322. The minimum Gasteiger partial charge on any atom is -0.394 e. The summed E-state index contributed by atoms with van der Waals surface area (Å²) in [6, 6.07) is -0.331. The Hall–Kier alpha value is -0.610. The lowest BCUT2D eigenvalue weighted by Gasteiger charge is -2.28. The second kappa shape index (κ2) is 1.72. The van der Waals surface area contributed by atoms with Crippen LogP contribution in [-0.2, 0) is 4.79 Å². The van der Waals surface area contributed by atoms with Crippen molar-refractivity contribution in [1.29, 1.82) is 0 Å². The van der Waals surface area contributed by atoms with Crippen LogP contribution in [0.4, 0.5) is 0 Å². The van der Waals surface area contributed by atoms with Gasteiger partial charge in [0.1, 0.15) is 6.04 Å². The van der Waals surface area contributed by atoms with Crippen molar-refractivity contribution in [2.24, 2.45) is 0 Å². The Morgan fingerprint density at radius 1 is 1.88 bits per heavy atom. The topological polar surface area (TPSA) is 77.0 Å². The van der Waals surface area contributed by atoms with Crippen LogP contribution in [0.2, 0.25) is 0 Å². The molecule has 1 amide bonds. The van der Waals surface area contributed by atoms with Crippen LogP contribution >= 0.6 is 0 Å². The van der Waals surface area contributed by atoms with E-state index in [1.165, 1.54) is 0 Å². The summed E-state index contributed by atoms with van der Waals surface area (Å²) >= 11 is 0. The fourth-order valence-electron chi connectivity index (χ4n) is 0.650. The van der Waals surface area contributed by atoms with Gasteiger partial charge in [0.15, 0.2) is 6.04 Å². The first-order chi connectivity index (χ1) is 3.75. The van der Waals surface area contributed by atoms with Gasteiger partial charge in [-0.05, 0) is 0 Å². The number of β-lactam (4-membered cyclic amide) rings is 1. The van der Waals surface area contributed by atoms with Gasteiger partial charge in [0.2, 0.25) is 0 Å². The Kier molecular flexibility index (Phi) is 1.19. The Balaban J connectivity index is 2.35. The number of quaternary nitrogens is 1. The molecule has 1 fully saturated rings. The molecule has 4 nitrogen and oxygen atoms in total. The van der Waals surface area contributed by atoms with Gasteiger partial charge in [0.25, 0.3) is 5.91 Å². The molecule has 1 aliphatic rings. The molecule has 0 bridgehead atoms. The highest BCUT2D eigenvalue weighted by atomic mass is 16.3. The van der Waals surface area contributed by atoms with Crippen molar-refractivity contribution >= 4 is 5.91 Å². The molecule has 0 spiro atoms. The minimum atomic E-state index is -0.236. The van der Waals surface area contributed by atoms with E-state index >= 15 is 0 Å². The number of carbonyl (C=O) groups excluding carboxylic acids is 1. The maximum absolute atomic E-state index is 10.3. The molecular formula is C4H9N2O2+. The van der Waals surface area contributed by atoms with Crippen LogP contribution in [0.25, 0.3) is 0 Å². The first-order valence-electron chi connectivity index (χ1n) is 2.50. The summed E-state index contributed by atoms with van der Waals surface area (Å²) in [7, 11) is 0. The number of hydrogen-bond donors (Lipinski definition) is 3. The molecule has 46 valence electrons. The number of amides is 1. The van der Waals surface area contributed by atoms with Crippen molar-refractivity contribution in [3.8, 4) is 0 Å². The summed E-state index contributed by atoms with van der Waals surface area (Å²) in [6.45, 7) is -0.0000926. The molecule has 0 saturated carbocycles. The van der Waals surface area contributed by atoms with Crippen molar-refractivity contribution in [3.05, 3.63) is 0 Å². The Morgan fingerprint density at radius 2 is 2.50 bits per heavy atom. The highest BCUT2D eigenvalue weighted by Gasteiger charge is 2.38. The Bertz CT molecular complexity index is 115. The summed E-state index contributed by atoms with van der Waals surface area (Å²) in [5.74, 6) is -0.0657. The molecule has 0 aromatic heterocycles. The van der Waals surface area contributed by atoms with Crippen LogP contribution in [0.1, 0.15) is 0 Å². The molecule has 1 rings (SSSR count). The third-order valence-electron chi connectivity index (χ3n) is 1.35. The monoisotopic (exact) mass is 117 g/mol. The lowest BCUT2D eigenvalue weighted by molar-refractivity contribution is -0.422. The molecule has 2 atom stereocenters. The number of rotatable bonds is 1. The molecule has 4 heteroatoms. The normalized spacial score (nSPS) is 36.0. The van der Waals surface area contributed by atoms with Gasteiger partial charge in [0.05, 0.1) is 6.61 Å². The average Bonchev–Trinajstić information content (AvgIpc) is 1.81. The Labute approximate surface area is 46.7 Å². The molecule has 0 aliphatic carbocycles. The van der Waals surface area contributed by atoms with E-state index in [1.54, 1.807) is 0 Å². The third-order valence-corrected chi connectivity index (χ3v) is 1.35. The van der Waals surface area contributed by atoms with Gasteiger partial charge >= 0.3 is 0 Å². The van der Waals surface area contributed by atoms with E-state index in [4.69, 9.17) is 5.11 Å². The van der Waals surface area contributed by atoms with Gasteiger partial charge in [-0.3, -0.25) is 4.79 Å². The van der Waals surface area contributed by atoms with Crippen LogP contribution in [0, 0.1) is 0 Å². The van der Waals surface area contributed by atoms with Gasteiger partial charge in [-0.1, -0.05) is 0 Å². The van der Waals surface area contributed by atoms with Crippen LogP contribution in [0.3, 0.4) is 0 Å². The number of nitrogens with one attached hydrogen (secondary N) is 1. The highest BCUT2D eigenvalue weighted by Crippen LogP contribution is 1.98. The number of aliphatic hydroxyl groups is 1. The van der Waals surface area contributed by atoms with E-state index in [9.17, 15) is 4.79 Å². The zero-order chi connectivity index (χ0) is 6.15. The van der Waals surface area contributed by atoms with E-state index in [2.05, 4.69) is 11.1 Å². The maximum atomic E-state index is 10.3. The molecule has 5 N–H and O–H groups in total. The van der Waals surface area contributed by atoms with Crippen molar-refractivity contribution in [1.82, 2.24) is 5.32 Å². The number of carbonyl (C=O) groups is 1. The van der Waals surface area contributed by atoms with E-state index < -0.39 is 0 Å². The van der Waals surface area contributed by atoms with Crippen molar-refractivity contribution in [2.45, 2.75) is 12.1 Å². The fraction of sp³-hybridized carbons (Fsp3) is 0.750. The van der Waals surface area contributed by atoms with Gasteiger partial charge < -0.3 is 16.2 Å². The standard InChI is InChI=1S/C4H8N2O2/c5-3-2(1-7)6-4(3)8/h2-3,7H,1,5H2,(H,6,8)/p+1/t2-,3+/m1/s1. The molecule has 1 aliphatic heterocycles. The maximum Gasteiger partial charge on any atom is 0.280 e. The summed E-state index contributed by atoms with van der Waals surface area (Å²) in [4.78, 5) is 10.3. The first-order valence-corrected chi connectivity index (χ1v) is 2.50. The summed E-state index contributed by atoms with van der Waals surface area (Å²) in [5.41, 5.74) is 3.50. The van der Waals surface area contributed by atoms with Crippen LogP contribution < -0.4 is 11.1 Å². The second-order valence-electron chi connectivity index (χ2n) is 1.90.